The van der Waals surface area contributed by atoms with Gasteiger partial charge >= 0.3 is 0 Å². The zero-order chi connectivity index (χ0) is 16.1. The van der Waals surface area contributed by atoms with Gasteiger partial charge in [-0.15, -0.1) is 0 Å². The van der Waals surface area contributed by atoms with Gasteiger partial charge in [0.05, 0.1) is 0 Å². The molecule has 1 heterocycles. The summed E-state index contributed by atoms with van der Waals surface area (Å²) in [5.41, 5.74) is 2.10. The van der Waals surface area contributed by atoms with E-state index in [0.717, 1.165) is 22.0 Å². The Kier molecular flexibility index (Phi) is 5.77. The van der Waals surface area contributed by atoms with Gasteiger partial charge in [-0.1, -0.05) is 41.9 Å². The monoisotopic (exact) mass is 364 g/mol. The summed E-state index contributed by atoms with van der Waals surface area (Å²) in [6, 6.07) is 8.01. The number of piperazine rings is 1. The maximum atomic E-state index is 12.5. The standard InChI is InChI=1S/C17H21BrN2O2/c1-13(2)16(14-3-5-15(18)6-4-14)11-17(22)20-9-7-19(12-21)8-10-20/h3-6,11-13H,7-10H2,1-2H3/b16-11+. The molecule has 22 heavy (non-hydrogen) atoms. The van der Waals surface area contributed by atoms with E-state index in [1.165, 1.54) is 0 Å². The van der Waals surface area contributed by atoms with Gasteiger partial charge in [-0.25, -0.2) is 0 Å². The predicted octanol–water partition coefficient (Wildman–Crippen LogP) is 2.79. The van der Waals surface area contributed by atoms with Gasteiger partial charge in [0.2, 0.25) is 12.3 Å². The molecule has 1 aliphatic rings. The Morgan fingerprint density at radius 1 is 1.14 bits per heavy atom. The van der Waals surface area contributed by atoms with Crippen molar-refractivity contribution in [2.45, 2.75) is 13.8 Å². The minimum Gasteiger partial charge on any atom is -0.342 e. The molecule has 0 atom stereocenters. The number of halogens is 1. The van der Waals surface area contributed by atoms with Crippen molar-refractivity contribution in [1.82, 2.24) is 9.80 Å². The van der Waals surface area contributed by atoms with Crippen molar-refractivity contribution < 1.29 is 9.59 Å². The van der Waals surface area contributed by atoms with Gasteiger partial charge in [-0.3, -0.25) is 9.59 Å². The number of carbonyl (C=O) groups excluding carboxylic acids is 2. The summed E-state index contributed by atoms with van der Waals surface area (Å²) in [5.74, 6) is 0.290. The van der Waals surface area contributed by atoms with Gasteiger partial charge in [0.1, 0.15) is 0 Å². The van der Waals surface area contributed by atoms with Gasteiger partial charge in [-0.2, -0.15) is 0 Å². The molecule has 118 valence electrons. The quantitative estimate of drug-likeness (QED) is 0.608. The fraction of sp³-hybridized carbons (Fsp3) is 0.412. The molecule has 0 bridgehead atoms. The van der Waals surface area contributed by atoms with E-state index in [4.69, 9.17) is 0 Å². The van der Waals surface area contributed by atoms with Gasteiger partial charge in [0, 0.05) is 36.7 Å². The van der Waals surface area contributed by atoms with Crippen LogP contribution < -0.4 is 0 Å². The Bertz CT molecular complexity index is 559. The summed E-state index contributed by atoms with van der Waals surface area (Å²) in [6.45, 7) is 6.59. The molecule has 0 spiro atoms. The lowest BCUT2D eigenvalue weighted by Crippen LogP contribution is -2.47. The van der Waals surface area contributed by atoms with Crippen molar-refractivity contribution in [2.24, 2.45) is 5.92 Å². The highest BCUT2D eigenvalue weighted by Crippen LogP contribution is 2.25. The number of rotatable bonds is 4. The van der Waals surface area contributed by atoms with Crippen molar-refractivity contribution in [1.29, 1.82) is 0 Å². The van der Waals surface area contributed by atoms with Gasteiger partial charge < -0.3 is 9.80 Å². The molecule has 2 rings (SSSR count). The van der Waals surface area contributed by atoms with E-state index in [2.05, 4.69) is 29.8 Å². The lowest BCUT2D eigenvalue weighted by Gasteiger charge is -2.32. The zero-order valence-electron chi connectivity index (χ0n) is 13.0. The number of nitrogens with zero attached hydrogens (tertiary/aromatic N) is 2. The molecule has 0 saturated carbocycles. The van der Waals surface area contributed by atoms with Crippen LogP contribution in [0.25, 0.3) is 5.57 Å². The van der Waals surface area contributed by atoms with Crippen LogP contribution in [0.5, 0.6) is 0 Å². The molecule has 1 aromatic rings. The highest BCUT2D eigenvalue weighted by molar-refractivity contribution is 9.10. The second-order valence-electron chi connectivity index (χ2n) is 5.73. The third-order valence-electron chi connectivity index (χ3n) is 3.85. The van der Waals surface area contributed by atoms with Gasteiger partial charge in [-0.05, 0) is 29.2 Å². The summed E-state index contributed by atoms with van der Waals surface area (Å²) >= 11 is 3.43. The average Bonchev–Trinajstić information content (AvgIpc) is 2.53. The third kappa shape index (κ3) is 4.19. The van der Waals surface area contributed by atoms with Crippen LogP contribution in [0.2, 0.25) is 0 Å². The lowest BCUT2D eigenvalue weighted by atomic mass is 9.95. The van der Waals surface area contributed by atoms with Crippen LogP contribution in [-0.2, 0) is 9.59 Å². The fourth-order valence-electron chi connectivity index (χ4n) is 2.50. The summed E-state index contributed by atoms with van der Waals surface area (Å²) in [4.78, 5) is 26.7. The van der Waals surface area contributed by atoms with E-state index < -0.39 is 0 Å². The van der Waals surface area contributed by atoms with E-state index in [0.29, 0.717) is 26.2 Å². The largest absolute Gasteiger partial charge is 0.342 e. The third-order valence-corrected chi connectivity index (χ3v) is 4.38. The molecule has 1 aromatic carbocycles. The van der Waals surface area contributed by atoms with E-state index >= 15 is 0 Å². The Labute approximate surface area is 139 Å². The van der Waals surface area contributed by atoms with Crippen LogP contribution in [0.1, 0.15) is 19.4 Å². The smallest absolute Gasteiger partial charge is 0.246 e. The molecule has 0 aliphatic carbocycles. The van der Waals surface area contributed by atoms with Crippen LogP contribution in [0.15, 0.2) is 34.8 Å². The van der Waals surface area contributed by atoms with E-state index in [1.54, 1.807) is 15.9 Å². The number of amides is 2. The minimum atomic E-state index is 0.0252. The molecule has 1 fully saturated rings. The molecule has 0 N–H and O–H groups in total. The molecule has 0 unspecified atom stereocenters. The summed E-state index contributed by atoms with van der Waals surface area (Å²) in [7, 11) is 0. The van der Waals surface area contributed by atoms with Crippen LogP contribution >= 0.6 is 15.9 Å². The van der Waals surface area contributed by atoms with Gasteiger partial charge in [0.25, 0.3) is 0 Å². The molecule has 2 amide bonds. The first-order chi connectivity index (χ1) is 10.5. The molecule has 1 saturated heterocycles. The first kappa shape index (κ1) is 16.7. The minimum absolute atomic E-state index is 0.0252. The van der Waals surface area contributed by atoms with Gasteiger partial charge in [0.15, 0.2) is 0 Å². The Balaban J connectivity index is 2.14. The van der Waals surface area contributed by atoms with Crippen LogP contribution in [0.3, 0.4) is 0 Å². The summed E-state index contributed by atoms with van der Waals surface area (Å²) in [5, 5.41) is 0. The maximum absolute atomic E-state index is 12.5. The lowest BCUT2D eigenvalue weighted by molar-refractivity contribution is -0.130. The highest BCUT2D eigenvalue weighted by atomic mass is 79.9. The Morgan fingerprint density at radius 3 is 2.23 bits per heavy atom. The fourth-order valence-corrected chi connectivity index (χ4v) is 2.76. The van der Waals surface area contributed by atoms with Crippen LogP contribution in [0.4, 0.5) is 0 Å². The average molecular weight is 365 g/mol. The summed E-state index contributed by atoms with van der Waals surface area (Å²) < 4.78 is 1.02. The Morgan fingerprint density at radius 2 is 1.73 bits per heavy atom. The highest BCUT2D eigenvalue weighted by Gasteiger charge is 2.20. The first-order valence-electron chi connectivity index (χ1n) is 7.47. The van der Waals surface area contributed by atoms with Crippen LogP contribution in [0, 0.1) is 5.92 Å². The van der Waals surface area contributed by atoms with Crippen molar-refractivity contribution in [3.63, 3.8) is 0 Å². The van der Waals surface area contributed by atoms with E-state index in [-0.39, 0.29) is 11.8 Å². The number of allylic oxidation sites excluding steroid dienone is 1. The normalized spacial score (nSPS) is 16.1. The first-order valence-corrected chi connectivity index (χ1v) is 8.26. The van der Waals surface area contributed by atoms with Crippen molar-refractivity contribution in [2.75, 3.05) is 26.2 Å². The van der Waals surface area contributed by atoms with Crippen molar-refractivity contribution in [3.8, 4) is 0 Å². The molecular weight excluding hydrogens is 344 g/mol. The summed E-state index contributed by atoms with van der Waals surface area (Å²) in [6.07, 6.45) is 2.59. The molecule has 5 heteroatoms. The zero-order valence-corrected chi connectivity index (χ0v) is 14.5. The Hall–Kier alpha value is -1.62. The number of hydrogen-bond donors (Lipinski definition) is 0. The number of benzene rings is 1. The molecule has 4 nitrogen and oxygen atoms in total. The molecule has 1 aliphatic heterocycles. The van der Waals surface area contributed by atoms with E-state index in [9.17, 15) is 9.59 Å². The number of carbonyl (C=O) groups is 2. The number of hydrogen-bond acceptors (Lipinski definition) is 2. The molecule has 0 radical (unpaired) electrons. The molecule has 0 aromatic heterocycles. The van der Waals surface area contributed by atoms with Crippen molar-refractivity contribution >= 4 is 33.8 Å². The van der Waals surface area contributed by atoms with E-state index in [1.807, 2.05) is 24.3 Å². The second kappa shape index (κ2) is 7.58. The maximum Gasteiger partial charge on any atom is 0.246 e. The van der Waals surface area contributed by atoms with Crippen LogP contribution in [-0.4, -0.2) is 48.3 Å². The molecular formula is C17H21BrN2O2. The topological polar surface area (TPSA) is 40.6 Å². The second-order valence-corrected chi connectivity index (χ2v) is 6.64. The van der Waals surface area contributed by atoms with Crippen molar-refractivity contribution in [3.05, 3.63) is 40.4 Å². The SMILES string of the molecule is CC(C)/C(=C\C(=O)N1CCN(C=O)CC1)c1ccc(Br)cc1. The predicted molar refractivity (Wildman–Crippen MR) is 91.2 cm³/mol.